The fraction of sp³-hybridized carbons (Fsp3) is 0.621. The van der Waals surface area contributed by atoms with Crippen LogP contribution in [0.15, 0.2) is 23.8 Å². The Balaban J connectivity index is 1.47. The lowest BCUT2D eigenvalue weighted by Gasteiger charge is -2.43. The third-order valence-corrected chi connectivity index (χ3v) is 8.38. The van der Waals surface area contributed by atoms with E-state index in [-0.39, 0.29) is 23.7 Å². The number of rotatable bonds is 6. The molecule has 0 N–H and O–H groups in total. The molecular formula is C29H39N3O3. The van der Waals surface area contributed by atoms with Crippen LogP contribution in [0.5, 0.6) is 0 Å². The highest BCUT2D eigenvalue weighted by Crippen LogP contribution is 2.34. The van der Waals surface area contributed by atoms with Gasteiger partial charge in [-0.15, -0.1) is 0 Å². The Morgan fingerprint density at radius 3 is 2.03 bits per heavy atom. The third kappa shape index (κ3) is 4.76. The van der Waals surface area contributed by atoms with Gasteiger partial charge >= 0.3 is 6.03 Å². The summed E-state index contributed by atoms with van der Waals surface area (Å²) in [5.41, 5.74) is 3.57. The van der Waals surface area contributed by atoms with Crippen LogP contribution in [0.2, 0.25) is 0 Å². The van der Waals surface area contributed by atoms with E-state index in [9.17, 15) is 14.4 Å². The second-order valence-corrected chi connectivity index (χ2v) is 10.8. The average molecular weight is 478 g/mol. The number of amides is 4. The number of imide groups is 2. The van der Waals surface area contributed by atoms with Gasteiger partial charge in [-0.1, -0.05) is 57.9 Å². The number of fused-ring (bicyclic) bond motifs is 1. The maximum atomic E-state index is 13.7. The standard InChI is InChI=1S/C29H39N3O3/c1-2-3-17-30-18-16-22-19-21(14-15-26(22)30)20-25-27(33)31(23-10-6-4-7-11-23)29(35)32(28(25)34)24-12-8-5-9-13-24/h14-15,19-20,23-24H,2-13,16-18H2,1H3. The number of hydrogen-bond acceptors (Lipinski definition) is 4. The molecule has 188 valence electrons. The molecule has 2 aliphatic heterocycles. The zero-order chi connectivity index (χ0) is 24.4. The lowest BCUT2D eigenvalue weighted by Crippen LogP contribution is -2.62. The van der Waals surface area contributed by atoms with Gasteiger partial charge in [-0.25, -0.2) is 4.79 Å². The third-order valence-electron chi connectivity index (χ3n) is 8.38. The number of carbonyl (C=O) groups is 3. The molecule has 2 aliphatic carbocycles. The molecule has 6 nitrogen and oxygen atoms in total. The summed E-state index contributed by atoms with van der Waals surface area (Å²) in [4.78, 5) is 46.2. The first-order chi connectivity index (χ1) is 17.1. The van der Waals surface area contributed by atoms with Gasteiger partial charge in [0.2, 0.25) is 0 Å². The van der Waals surface area contributed by atoms with E-state index in [1.807, 2.05) is 6.07 Å². The summed E-state index contributed by atoms with van der Waals surface area (Å²) in [5.74, 6) is -0.798. The molecule has 2 saturated carbocycles. The Morgan fingerprint density at radius 2 is 1.46 bits per heavy atom. The van der Waals surface area contributed by atoms with Crippen LogP contribution in [-0.2, 0) is 16.0 Å². The van der Waals surface area contributed by atoms with E-state index in [0.717, 1.165) is 89.3 Å². The van der Waals surface area contributed by atoms with Crippen molar-refractivity contribution in [3.63, 3.8) is 0 Å². The summed E-state index contributed by atoms with van der Waals surface area (Å²) < 4.78 is 0. The van der Waals surface area contributed by atoms with Gasteiger partial charge in [0.05, 0.1) is 0 Å². The Labute approximate surface area is 209 Å². The Hall–Kier alpha value is -2.63. The van der Waals surface area contributed by atoms with Gasteiger partial charge in [-0.3, -0.25) is 19.4 Å². The normalized spacial score (nSPS) is 22.3. The molecule has 35 heavy (non-hydrogen) atoms. The number of urea groups is 1. The minimum Gasteiger partial charge on any atom is -0.371 e. The minimum atomic E-state index is -0.399. The van der Waals surface area contributed by atoms with Gasteiger partial charge in [0, 0.05) is 30.9 Å². The second-order valence-electron chi connectivity index (χ2n) is 10.8. The first-order valence-electron chi connectivity index (χ1n) is 13.9. The van der Waals surface area contributed by atoms with Crippen molar-refractivity contribution in [1.29, 1.82) is 0 Å². The molecule has 5 rings (SSSR count). The van der Waals surface area contributed by atoms with Crippen molar-refractivity contribution in [2.75, 3.05) is 18.0 Å². The molecule has 6 heteroatoms. The van der Waals surface area contributed by atoms with E-state index < -0.39 is 11.8 Å². The number of benzene rings is 1. The molecule has 0 unspecified atom stereocenters. The first-order valence-corrected chi connectivity index (χ1v) is 13.9. The van der Waals surface area contributed by atoms with Gasteiger partial charge in [0.15, 0.2) is 0 Å². The summed E-state index contributed by atoms with van der Waals surface area (Å²) in [6.45, 7) is 4.30. The highest BCUT2D eigenvalue weighted by molar-refractivity contribution is 6.31. The Kier molecular flexibility index (Phi) is 7.26. The van der Waals surface area contributed by atoms with E-state index in [1.54, 1.807) is 6.08 Å². The highest BCUT2D eigenvalue weighted by Gasteiger charge is 2.47. The lowest BCUT2D eigenvalue weighted by molar-refractivity contribution is -0.139. The molecule has 1 saturated heterocycles. The molecule has 0 radical (unpaired) electrons. The molecule has 4 aliphatic rings. The van der Waals surface area contributed by atoms with Gasteiger partial charge < -0.3 is 4.90 Å². The highest BCUT2D eigenvalue weighted by atomic mass is 16.2. The predicted octanol–water partition coefficient (Wildman–Crippen LogP) is 5.69. The summed E-state index contributed by atoms with van der Waals surface area (Å²) in [7, 11) is 0. The largest absolute Gasteiger partial charge is 0.371 e. The van der Waals surface area contributed by atoms with E-state index in [0.29, 0.717) is 0 Å². The molecule has 0 spiro atoms. The molecule has 2 heterocycles. The summed E-state index contributed by atoms with van der Waals surface area (Å²) in [6.07, 6.45) is 14.8. The van der Waals surface area contributed by atoms with Gasteiger partial charge in [-0.2, -0.15) is 0 Å². The Morgan fingerprint density at radius 1 is 0.857 bits per heavy atom. The minimum absolute atomic E-state index is 0.0986. The van der Waals surface area contributed by atoms with Crippen molar-refractivity contribution in [1.82, 2.24) is 9.80 Å². The van der Waals surface area contributed by atoms with Gasteiger partial charge in [-0.05, 0) is 67.9 Å². The zero-order valence-corrected chi connectivity index (χ0v) is 21.1. The molecule has 0 atom stereocenters. The summed E-state index contributed by atoms with van der Waals surface area (Å²) in [5, 5.41) is 0. The lowest BCUT2D eigenvalue weighted by atomic mass is 9.90. The molecule has 4 amide bonds. The molecule has 0 bridgehead atoms. The monoisotopic (exact) mass is 477 g/mol. The van der Waals surface area contributed by atoms with Crippen LogP contribution in [-0.4, -0.2) is 52.8 Å². The van der Waals surface area contributed by atoms with E-state index in [1.165, 1.54) is 33.9 Å². The fourth-order valence-corrected chi connectivity index (χ4v) is 6.41. The van der Waals surface area contributed by atoms with E-state index >= 15 is 0 Å². The van der Waals surface area contributed by atoms with Crippen molar-refractivity contribution in [3.8, 4) is 0 Å². The second kappa shape index (κ2) is 10.5. The quantitative estimate of drug-likeness (QED) is 0.390. The maximum absolute atomic E-state index is 13.7. The maximum Gasteiger partial charge on any atom is 0.334 e. The summed E-state index contributed by atoms with van der Waals surface area (Å²) in [6, 6.07) is 5.70. The van der Waals surface area contributed by atoms with Crippen LogP contribution in [0.4, 0.5) is 10.5 Å². The van der Waals surface area contributed by atoms with Crippen molar-refractivity contribution >= 4 is 29.6 Å². The van der Waals surface area contributed by atoms with E-state index in [4.69, 9.17) is 0 Å². The van der Waals surface area contributed by atoms with Crippen molar-refractivity contribution in [2.45, 2.75) is 102 Å². The number of nitrogens with zero attached hydrogens (tertiary/aromatic N) is 3. The number of unbranched alkanes of at least 4 members (excludes halogenated alkanes) is 1. The smallest absolute Gasteiger partial charge is 0.334 e. The van der Waals surface area contributed by atoms with Gasteiger partial charge in [0.25, 0.3) is 11.8 Å². The number of barbiturate groups is 1. The average Bonchev–Trinajstić information content (AvgIpc) is 3.29. The number of carbonyl (C=O) groups excluding carboxylic acids is 3. The van der Waals surface area contributed by atoms with Crippen LogP contribution < -0.4 is 4.90 Å². The van der Waals surface area contributed by atoms with Crippen molar-refractivity contribution in [2.24, 2.45) is 0 Å². The van der Waals surface area contributed by atoms with Crippen molar-refractivity contribution in [3.05, 3.63) is 34.9 Å². The molecular weight excluding hydrogens is 438 g/mol. The van der Waals surface area contributed by atoms with Crippen molar-refractivity contribution < 1.29 is 14.4 Å². The van der Waals surface area contributed by atoms with Gasteiger partial charge in [0.1, 0.15) is 5.57 Å². The zero-order valence-electron chi connectivity index (χ0n) is 21.1. The SMILES string of the molecule is CCCCN1CCc2cc(C=C3C(=O)N(C4CCCCC4)C(=O)N(C4CCCCC4)C3=O)ccc21. The molecule has 3 fully saturated rings. The van der Waals surface area contributed by atoms with Crippen LogP contribution in [0.1, 0.15) is 95.1 Å². The number of anilines is 1. The Bertz CT molecular complexity index is 962. The van der Waals surface area contributed by atoms with Crippen LogP contribution in [0.3, 0.4) is 0 Å². The van der Waals surface area contributed by atoms with Crippen LogP contribution >= 0.6 is 0 Å². The topological polar surface area (TPSA) is 60.9 Å². The summed E-state index contributed by atoms with van der Waals surface area (Å²) >= 11 is 0. The fourth-order valence-electron chi connectivity index (χ4n) is 6.41. The number of hydrogen-bond donors (Lipinski definition) is 0. The molecule has 1 aromatic rings. The molecule has 0 aromatic heterocycles. The van der Waals surface area contributed by atoms with E-state index in [2.05, 4.69) is 24.0 Å². The predicted molar refractivity (Wildman–Crippen MR) is 138 cm³/mol. The first kappa shape index (κ1) is 24.1. The van der Waals surface area contributed by atoms with Crippen LogP contribution in [0.25, 0.3) is 6.08 Å². The molecule has 1 aromatic carbocycles. The van der Waals surface area contributed by atoms with Crippen LogP contribution in [0, 0.1) is 0 Å².